The van der Waals surface area contributed by atoms with Gasteiger partial charge in [-0.1, -0.05) is 29.3 Å². The fourth-order valence-corrected chi connectivity index (χ4v) is 2.42. The minimum atomic E-state index is -0.956. The van der Waals surface area contributed by atoms with Crippen LogP contribution in [0.4, 0.5) is 0 Å². The number of rotatable bonds is 7. The molecule has 0 fully saturated rings. The number of hydrogen-bond acceptors (Lipinski definition) is 4. The lowest BCUT2D eigenvalue weighted by atomic mass is 10.1. The third-order valence-electron chi connectivity index (χ3n) is 3.15. The van der Waals surface area contributed by atoms with E-state index in [4.69, 9.17) is 27.9 Å². The summed E-state index contributed by atoms with van der Waals surface area (Å²) in [5.74, 6) is -1.13. The second-order valence-electron chi connectivity index (χ2n) is 5.23. The van der Waals surface area contributed by atoms with Gasteiger partial charge in [0.25, 0.3) is 5.91 Å². The molecule has 0 spiro atoms. The molecule has 0 aliphatic heterocycles. The van der Waals surface area contributed by atoms with E-state index in [1.165, 1.54) is 13.8 Å². The van der Waals surface area contributed by atoms with Crippen LogP contribution in [0, 0.1) is 0 Å². The molecule has 1 N–H and O–H groups in total. The molecule has 1 aromatic carbocycles. The predicted molar refractivity (Wildman–Crippen MR) is 88.5 cm³/mol. The minimum Gasteiger partial charge on any atom is -0.453 e. The second kappa shape index (κ2) is 8.89. The van der Waals surface area contributed by atoms with Crippen LogP contribution in [0.25, 0.3) is 0 Å². The van der Waals surface area contributed by atoms with Crippen molar-refractivity contribution >= 4 is 40.9 Å². The lowest BCUT2D eigenvalue weighted by molar-refractivity contribution is -0.155. The molecule has 7 heteroatoms. The van der Waals surface area contributed by atoms with Gasteiger partial charge in [0.2, 0.25) is 0 Å². The Morgan fingerprint density at radius 3 is 2.39 bits per heavy atom. The number of carbonyl (C=O) groups is 3. The van der Waals surface area contributed by atoms with Gasteiger partial charge in [-0.25, -0.2) is 0 Å². The standard InChI is InChI=1S/C16H19Cl2NO4/c1-9(20)4-7-15(21)23-11(3)16(22)19-10(2)13-6-5-12(17)8-14(13)18/h5-6,8,10-11H,4,7H2,1-3H3,(H,19,22)/t10-,11+/m1/s1. The van der Waals surface area contributed by atoms with E-state index < -0.39 is 18.0 Å². The van der Waals surface area contributed by atoms with Crippen LogP contribution in [0.2, 0.25) is 10.0 Å². The molecular weight excluding hydrogens is 341 g/mol. The van der Waals surface area contributed by atoms with E-state index in [1.54, 1.807) is 25.1 Å². The van der Waals surface area contributed by atoms with Crippen LogP contribution in [0.5, 0.6) is 0 Å². The molecule has 1 rings (SSSR count). The molecule has 0 heterocycles. The number of halogens is 2. The number of Topliss-reactive ketones (excluding diaryl/α,β-unsaturated/α-hetero) is 1. The van der Waals surface area contributed by atoms with E-state index in [1.807, 2.05) is 0 Å². The van der Waals surface area contributed by atoms with Gasteiger partial charge in [-0.05, 0) is 38.5 Å². The van der Waals surface area contributed by atoms with Crippen molar-refractivity contribution in [2.75, 3.05) is 0 Å². The van der Waals surface area contributed by atoms with Crippen LogP contribution in [-0.4, -0.2) is 23.8 Å². The molecule has 1 aromatic rings. The Bertz CT molecular complexity index is 604. The highest BCUT2D eigenvalue weighted by atomic mass is 35.5. The normalized spacial score (nSPS) is 13.1. The zero-order valence-electron chi connectivity index (χ0n) is 13.2. The van der Waals surface area contributed by atoms with Crippen LogP contribution >= 0.6 is 23.2 Å². The number of esters is 1. The molecule has 1 amide bonds. The lowest BCUT2D eigenvalue weighted by Crippen LogP contribution is -2.37. The van der Waals surface area contributed by atoms with Gasteiger partial charge >= 0.3 is 5.97 Å². The summed E-state index contributed by atoms with van der Waals surface area (Å²) in [6, 6.07) is 4.62. The molecule has 0 unspecified atom stereocenters. The highest BCUT2D eigenvalue weighted by Gasteiger charge is 2.21. The van der Waals surface area contributed by atoms with Crippen LogP contribution in [0.15, 0.2) is 18.2 Å². The average Bonchev–Trinajstić information content (AvgIpc) is 2.44. The van der Waals surface area contributed by atoms with Gasteiger partial charge in [0, 0.05) is 16.5 Å². The van der Waals surface area contributed by atoms with Gasteiger partial charge in [0.05, 0.1) is 12.5 Å². The summed E-state index contributed by atoms with van der Waals surface area (Å²) in [7, 11) is 0. The maximum atomic E-state index is 12.1. The van der Waals surface area contributed by atoms with Crippen molar-refractivity contribution in [2.45, 2.75) is 45.8 Å². The van der Waals surface area contributed by atoms with Crippen LogP contribution in [0.3, 0.4) is 0 Å². The number of ether oxygens (including phenoxy) is 1. The molecule has 126 valence electrons. The quantitative estimate of drug-likeness (QED) is 0.756. The summed E-state index contributed by atoms with van der Waals surface area (Å²) >= 11 is 11.9. The molecule has 0 aromatic heterocycles. The average molecular weight is 360 g/mol. The lowest BCUT2D eigenvalue weighted by Gasteiger charge is -2.19. The molecule has 0 saturated heterocycles. The van der Waals surface area contributed by atoms with Crippen molar-refractivity contribution in [3.63, 3.8) is 0 Å². The predicted octanol–water partition coefficient (Wildman–Crippen LogP) is 3.47. The summed E-state index contributed by atoms with van der Waals surface area (Å²) in [6.07, 6.45) is -0.891. The second-order valence-corrected chi connectivity index (χ2v) is 6.07. The van der Waals surface area contributed by atoms with Gasteiger partial charge in [0.1, 0.15) is 5.78 Å². The first-order valence-corrected chi connectivity index (χ1v) is 7.90. The molecule has 0 radical (unpaired) electrons. The van der Waals surface area contributed by atoms with Crippen LogP contribution < -0.4 is 5.32 Å². The Morgan fingerprint density at radius 1 is 1.17 bits per heavy atom. The fourth-order valence-electron chi connectivity index (χ4n) is 1.85. The van der Waals surface area contributed by atoms with Crippen molar-refractivity contribution in [1.82, 2.24) is 5.32 Å². The molecule has 0 aliphatic carbocycles. The van der Waals surface area contributed by atoms with Crippen molar-refractivity contribution in [1.29, 1.82) is 0 Å². The molecule has 23 heavy (non-hydrogen) atoms. The van der Waals surface area contributed by atoms with E-state index in [0.717, 1.165) is 0 Å². The largest absolute Gasteiger partial charge is 0.453 e. The molecule has 5 nitrogen and oxygen atoms in total. The number of amides is 1. The molecule has 0 bridgehead atoms. The van der Waals surface area contributed by atoms with E-state index in [0.29, 0.717) is 15.6 Å². The van der Waals surface area contributed by atoms with Crippen LogP contribution in [-0.2, 0) is 19.1 Å². The third kappa shape index (κ3) is 6.59. The Balaban J connectivity index is 2.57. The Kier molecular flexibility index (Phi) is 7.52. The summed E-state index contributed by atoms with van der Waals surface area (Å²) in [5.41, 5.74) is 0.708. The zero-order chi connectivity index (χ0) is 17.6. The van der Waals surface area contributed by atoms with Gasteiger partial charge in [-0.2, -0.15) is 0 Å². The highest BCUT2D eigenvalue weighted by Crippen LogP contribution is 2.26. The molecular formula is C16H19Cl2NO4. The van der Waals surface area contributed by atoms with E-state index in [2.05, 4.69) is 5.32 Å². The fraction of sp³-hybridized carbons (Fsp3) is 0.438. The van der Waals surface area contributed by atoms with Gasteiger partial charge < -0.3 is 14.8 Å². The van der Waals surface area contributed by atoms with E-state index in [9.17, 15) is 14.4 Å². The SMILES string of the molecule is CC(=O)CCC(=O)O[C@@H](C)C(=O)N[C@H](C)c1ccc(Cl)cc1Cl. The molecule has 2 atom stereocenters. The summed E-state index contributed by atoms with van der Waals surface area (Å²) in [5, 5.41) is 3.66. The first-order valence-electron chi connectivity index (χ1n) is 7.15. The first-order chi connectivity index (χ1) is 10.7. The van der Waals surface area contributed by atoms with Gasteiger partial charge in [0.15, 0.2) is 6.10 Å². The number of carbonyl (C=O) groups excluding carboxylic acids is 3. The van der Waals surface area contributed by atoms with Crippen molar-refractivity contribution in [2.24, 2.45) is 0 Å². The summed E-state index contributed by atoms with van der Waals surface area (Å²) in [6.45, 7) is 4.62. The highest BCUT2D eigenvalue weighted by molar-refractivity contribution is 6.35. The Morgan fingerprint density at radius 2 is 1.83 bits per heavy atom. The van der Waals surface area contributed by atoms with E-state index in [-0.39, 0.29) is 24.7 Å². The van der Waals surface area contributed by atoms with Crippen molar-refractivity contribution in [3.05, 3.63) is 33.8 Å². The number of nitrogens with one attached hydrogen (secondary N) is 1. The maximum absolute atomic E-state index is 12.1. The third-order valence-corrected chi connectivity index (χ3v) is 3.71. The monoisotopic (exact) mass is 359 g/mol. The zero-order valence-corrected chi connectivity index (χ0v) is 14.7. The van der Waals surface area contributed by atoms with Gasteiger partial charge in [-0.15, -0.1) is 0 Å². The summed E-state index contributed by atoms with van der Waals surface area (Å²) < 4.78 is 4.99. The topological polar surface area (TPSA) is 72.5 Å². The van der Waals surface area contributed by atoms with Crippen molar-refractivity contribution < 1.29 is 19.1 Å². The Labute approximate surface area is 145 Å². The van der Waals surface area contributed by atoms with E-state index >= 15 is 0 Å². The first kappa shape index (κ1) is 19.5. The molecule has 0 saturated carbocycles. The van der Waals surface area contributed by atoms with Crippen molar-refractivity contribution in [3.8, 4) is 0 Å². The minimum absolute atomic E-state index is 0.0362. The number of benzene rings is 1. The number of ketones is 1. The smallest absolute Gasteiger partial charge is 0.307 e. The Hall–Kier alpha value is -1.59. The van der Waals surface area contributed by atoms with Crippen LogP contribution in [0.1, 0.15) is 45.2 Å². The van der Waals surface area contributed by atoms with Gasteiger partial charge in [-0.3, -0.25) is 9.59 Å². The maximum Gasteiger partial charge on any atom is 0.307 e. The number of hydrogen-bond donors (Lipinski definition) is 1. The summed E-state index contributed by atoms with van der Waals surface area (Å²) in [4.78, 5) is 34.4. The molecule has 0 aliphatic rings.